The Kier molecular flexibility index (Phi) is 2.67. The average molecular weight is 323 g/mol. The number of hydrogen-bond donors (Lipinski definition) is 0. The summed E-state index contributed by atoms with van der Waals surface area (Å²) in [6.45, 7) is 0. The Morgan fingerprint density at radius 3 is 2.23 bits per heavy atom. The zero-order chi connectivity index (χ0) is 9.42. The molecule has 0 heterocycles. The van der Waals surface area contributed by atoms with Crippen LogP contribution in [-0.2, 0) is 0 Å². The molecule has 0 radical (unpaired) electrons. The molecule has 0 aliphatic heterocycles. The fourth-order valence-electron chi connectivity index (χ4n) is 1.26. The summed E-state index contributed by atoms with van der Waals surface area (Å²) in [6, 6.07) is 9.76. The van der Waals surface area contributed by atoms with E-state index in [2.05, 4.69) is 22.6 Å². The van der Waals surface area contributed by atoms with Gasteiger partial charge in [0.05, 0.1) is 5.02 Å². The maximum Gasteiger partial charge on any atom is 0.0560 e. The number of benzene rings is 2. The second-order valence-electron chi connectivity index (χ2n) is 2.70. The van der Waals surface area contributed by atoms with Gasteiger partial charge in [-0.3, -0.25) is 0 Å². The molecule has 0 N–H and O–H groups in total. The minimum atomic E-state index is 0.709. The summed E-state index contributed by atoms with van der Waals surface area (Å²) in [5.74, 6) is 0. The van der Waals surface area contributed by atoms with Crippen LogP contribution in [-0.4, -0.2) is 0 Å². The first-order chi connectivity index (χ1) is 6.20. The highest BCUT2D eigenvalue weighted by molar-refractivity contribution is 14.1. The molecule has 0 saturated carbocycles. The van der Waals surface area contributed by atoms with Gasteiger partial charge in [-0.15, -0.1) is 0 Å². The number of rotatable bonds is 0. The third kappa shape index (κ3) is 1.65. The molecule has 0 bridgehead atoms. The number of hydrogen-bond acceptors (Lipinski definition) is 0. The Labute approximate surface area is 100.0 Å². The summed E-state index contributed by atoms with van der Waals surface area (Å²) >= 11 is 14.3. The van der Waals surface area contributed by atoms with Gasteiger partial charge in [-0.2, -0.15) is 0 Å². The van der Waals surface area contributed by atoms with Crippen LogP contribution in [0.4, 0.5) is 0 Å². The molecular formula is C10H5Cl2I. The summed E-state index contributed by atoms with van der Waals surface area (Å²) in [5.41, 5.74) is 0. The standard InChI is InChI=1S/C10H5Cl2I/c11-8-5-9(12)10(13)7-4-2-1-3-6(7)8/h1-5H. The maximum atomic E-state index is 6.05. The van der Waals surface area contributed by atoms with Crippen LogP contribution < -0.4 is 0 Å². The second-order valence-corrected chi connectivity index (χ2v) is 4.59. The maximum absolute atomic E-state index is 6.05. The van der Waals surface area contributed by atoms with E-state index in [1.807, 2.05) is 24.3 Å². The molecule has 0 saturated heterocycles. The van der Waals surface area contributed by atoms with Crippen LogP contribution in [0.3, 0.4) is 0 Å². The molecule has 66 valence electrons. The molecule has 2 rings (SSSR count). The topological polar surface area (TPSA) is 0 Å². The van der Waals surface area contributed by atoms with Crippen LogP contribution in [0.25, 0.3) is 10.8 Å². The quantitative estimate of drug-likeness (QED) is 0.485. The Bertz CT molecular complexity index is 466. The molecule has 0 aliphatic carbocycles. The molecule has 0 aromatic heterocycles. The number of halogens is 3. The van der Waals surface area contributed by atoms with E-state index in [1.165, 1.54) is 0 Å². The predicted molar refractivity (Wildman–Crippen MR) is 66.7 cm³/mol. The van der Waals surface area contributed by atoms with E-state index in [4.69, 9.17) is 23.2 Å². The van der Waals surface area contributed by atoms with E-state index in [1.54, 1.807) is 6.07 Å². The van der Waals surface area contributed by atoms with E-state index in [-0.39, 0.29) is 0 Å². The Balaban J connectivity index is 2.97. The van der Waals surface area contributed by atoms with Crippen LogP contribution in [0.5, 0.6) is 0 Å². The highest BCUT2D eigenvalue weighted by Gasteiger charge is 2.06. The average Bonchev–Trinajstić information content (AvgIpc) is 2.15. The molecule has 2 aromatic rings. The molecule has 2 aromatic carbocycles. The van der Waals surface area contributed by atoms with Crippen LogP contribution in [0.1, 0.15) is 0 Å². The molecule has 0 amide bonds. The van der Waals surface area contributed by atoms with Gasteiger partial charge in [0.25, 0.3) is 0 Å². The van der Waals surface area contributed by atoms with Gasteiger partial charge in [0.15, 0.2) is 0 Å². The molecular weight excluding hydrogens is 318 g/mol. The molecule has 13 heavy (non-hydrogen) atoms. The molecule has 0 atom stereocenters. The number of fused-ring (bicyclic) bond motifs is 1. The van der Waals surface area contributed by atoms with Gasteiger partial charge in [-0.25, -0.2) is 0 Å². The van der Waals surface area contributed by atoms with E-state index in [0.29, 0.717) is 10.0 Å². The lowest BCUT2D eigenvalue weighted by Gasteiger charge is -2.04. The zero-order valence-corrected chi connectivity index (χ0v) is 10.2. The monoisotopic (exact) mass is 322 g/mol. The normalized spacial score (nSPS) is 10.7. The zero-order valence-electron chi connectivity index (χ0n) is 6.52. The second kappa shape index (κ2) is 3.64. The van der Waals surface area contributed by atoms with Gasteiger partial charge < -0.3 is 0 Å². The third-order valence-electron chi connectivity index (χ3n) is 1.88. The Hall–Kier alpha value is 0.01000. The van der Waals surface area contributed by atoms with Crippen molar-refractivity contribution >= 4 is 56.6 Å². The van der Waals surface area contributed by atoms with Crippen molar-refractivity contribution in [1.82, 2.24) is 0 Å². The summed E-state index contributed by atoms with van der Waals surface area (Å²) < 4.78 is 1.05. The van der Waals surface area contributed by atoms with Crippen molar-refractivity contribution in [3.63, 3.8) is 0 Å². The summed E-state index contributed by atoms with van der Waals surface area (Å²) in [7, 11) is 0. The highest BCUT2D eigenvalue weighted by atomic mass is 127. The van der Waals surface area contributed by atoms with Gasteiger partial charge >= 0.3 is 0 Å². The van der Waals surface area contributed by atoms with Crippen molar-refractivity contribution in [3.05, 3.63) is 43.9 Å². The first kappa shape index (κ1) is 9.56. The highest BCUT2D eigenvalue weighted by Crippen LogP contribution is 2.32. The van der Waals surface area contributed by atoms with Gasteiger partial charge in [0.2, 0.25) is 0 Å². The molecule has 3 heteroatoms. The summed E-state index contributed by atoms with van der Waals surface area (Å²) in [6.07, 6.45) is 0. The Morgan fingerprint density at radius 2 is 1.54 bits per heavy atom. The molecule has 0 spiro atoms. The lowest BCUT2D eigenvalue weighted by Crippen LogP contribution is -1.80. The summed E-state index contributed by atoms with van der Waals surface area (Å²) in [4.78, 5) is 0. The van der Waals surface area contributed by atoms with Crippen molar-refractivity contribution in [1.29, 1.82) is 0 Å². The van der Waals surface area contributed by atoms with Crippen LogP contribution in [0.15, 0.2) is 30.3 Å². The van der Waals surface area contributed by atoms with Crippen LogP contribution in [0.2, 0.25) is 10.0 Å². The molecule has 0 unspecified atom stereocenters. The smallest absolute Gasteiger partial charge is 0.0560 e. The Morgan fingerprint density at radius 1 is 0.923 bits per heavy atom. The van der Waals surface area contributed by atoms with Crippen LogP contribution in [0, 0.1) is 3.57 Å². The SMILES string of the molecule is Clc1cc(Cl)c2ccccc2c1I. The van der Waals surface area contributed by atoms with E-state index in [9.17, 15) is 0 Å². The van der Waals surface area contributed by atoms with E-state index >= 15 is 0 Å². The van der Waals surface area contributed by atoms with E-state index in [0.717, 1.165) is 14.3 Å². The first-order valence-electron chi connectivity index (χ1n) is 3.72. The van der Waals surface area contributed by atoms with Gasteiger partial charge in [0.1, 0.15) is 0 Å². The van der Waals surface area contributed by atoms with Crippen molar-refractivity contribution < 1.29 is 0 Å². The first-order valence-corrected chi connectivity index (χ1v) is 5.56. The van der Waals surface area contributed by atoms with Crippen molar-refractivity contribution in [3.8, 4) is 0 Å². The van der Waals surface area contributed by atoms with Crippen LogP contribution >= 0.6 is 45.8 Å². The minimum absolute atomic E-state index is 0.709. The largest absolute Gasteiger partial charge is 0.0836 e. The fourth-order valence-corrected chi connectivity index (χ4v) is 2.43. The van der Waals surface area contributed by atoms with Gasteiger partial charge in [-0.05, 0) is 34.0 Å². The van der Waals surface area contributed by atoms with Gasteiger partial charge in [0, 0.05) is 14.0 Å². The lowest BCUT2D eigenvalue weighted by molar-refractivity contribution is 1.70. The molecule has 0 nitrogen and oxygen atoms in total. The van der Waals surface area contributed by atoms with Crippen molar-refractivity contribution in [2.75, 3.05) is 0 Å². The summed E-state index contributed by atoms with van der Waals surface area (Å²) in [5, 5.41) is 3.59. The van der Waals surface area contributed by atoms with Crippen molar-refractivity contribution in [2.45, 2.75) is 0 Å². The lowest BCUT2D eigenvalue weighted by atomic mass is 10.1. The van der Waals surface area contributed by atoms with E-state index < -0.39 is 0 Å². The van der Waals surface area contributed by atoms with Gasteiger partial charge in [-0.1, -0.05) is 47.5 Å². The fraction of sp³-hybridized carbons (Fsp3) is 0. The minimum Gasteiger partial charge on any atom is -0.0836 e. The third-order valence-corrected chi connectivity index (χ3v) is 3.98. The predicted octanol–water partition coefficient (Wildman–Crippen LogP) is 4.75. The molecule has 0 aliphatic rings. The molecule has 0 fully saturated rings. The van der Waals surface area contributed by atoms with Crippen molar-refractivity contribution in [2.24, 2.45) is 0 Å².